The fraction of sp³-hybridized carbons (Fsp3) is 0.143. The summed E-state index contributed by atoms with van der Waals surface area (Å²) in [4.78, 5) is 3.15. The second-order valence-electron chi connectivity index (χ2n) is 2.00. The summed E-state index contributed by atoms with van der Waals surface area (Å²) in [5, 5.41) is 0. The maximum atomic E-state index is 12.0. The summed E-state index contributed by atoms with van der Waals surface area (Å²) < 4.78 is 40.2. The lowest BCUT2D eigenvalue weighted by Gasteiger charge is -2.05. The van der Waals surface area contributed by atoms with Gasteiger partial charge >= 0.3 is 6.18 Å². The minimum atomic E-state index is -4.44. The Morgan fingerprint density at radius 2 is 2.00 bits per heavy atom. The molecule has 2 nitrogen and oxygen atoms in total. The molecule has 0 amide bonds. The number of aromatic nitrogens is 1. The topological polar surface area (TPSA) is 22.1 Å². The van der Waals surface area contributed by atoms with Crippen molar-refractivity contribution in [1.82, 2.24) is 4.98 Å². The highest BCUT2D eigenvalue weighted by Gasteiger charge is 2.32. The van der Waals surface area contributed by atoms with Gasteiger partial charge in [-0.15, -0.1) is 0 Å². The normalized spacial score (nSPS) is 11.3. The van der Waals surface area contributed by atoms with Gasteiger partial charge in [0, 0.05) is 6.07 Å². The van der Waals surface area contributed by atoms with Crippen molar-refractivity contribution < 1.29 is 17.9 Å². The van der Waals surface area contributed by atoms with Crippen LogP contribution < -0.4 is 4.74 Å². The zero-order valence-electron chi connectivity index (χ0n) is 5.93. The highest BCUT2D eigenvalue weighted by molar-refractivity contribution is 5.17. The first kappa shape index (κ1) is 8.83. The van der Waals surface area contributed by atoms with E-state index in [1.165, 1.54) is 12.1 Å². The second kappa shape index (κ2) is 3.00. The van der Waals surface area contributed by atoms with Gasteiger partial charge in [-0.25, -0.2) is 4.98 Å². The van der Waals surface area contributed by atoms with Gasteiger partial charge in [0.25, 0.3) is 0 Å². The monoisotopic (exact) mass is 176 g/mol. The number of nitrogens with zero attached hydrogens (tertiary/aromatic N) is 1. The predicted octanol–water partition coefficient (Wildman–Crippen LogP) is 2.27. The molecule has 0 aliphatic carbocycles. The average Bonchev–Trinajstić information content (AvgIpc) is 2.03. The molecule has 0 atom stereocenters. The quantitative estimate of drug-likeness (QED) is 0.654. The molecule has 12 heavy (non-hydrogen) atoms. The van der Waals surface area contributed by atoms with E-state index in [0.29, 0.717) is 0 Å². The summed E-state index contributed by atoms with van der Waals surface area (Å²) in [6.45, 7) is 0. The van der Waals surface area contributed by atoms with Crippen molar-refractivity contribution in [3.63, 3.8) is 0 Å². The molecule has 1 aromatic heterocycles. The molecular weight excluding hydrogens is 171 g/mol. The summed E-state index contributed by atoms with van der Waals surface area (Å²) in [5.74, 6) is -0.148. The first-order chi connectivity index (χ1) is 5.54. The van der Waals surface area contributed by atoms with Crippen molar-refractivity contribution >= 4 is 0 Å². The van der Waals surface area contributed by atoms with Crippen molar-refractivity contribution in [2.45, 2.75) is 6.18 Å². The van der Waals surface area contributed by atoms with Crippen LogP contribution in [0.5, 0.6) is 5.88 Å². The molecule has 0 aliphatic heterocycles. The van der Waals surface area contributed by atoms with E-state index in [9.17, 15) is 13.2 Å². The fourth-order valence-electron chi connectivity index (χ4n) is 0.653. The van der Waals surface area contributed by atoms with Crippen LogP contribution in [-0.2, 0) is 6.18 Å². The lowest BCUT2D eigenvalue weighted by molar-refractivity contribution is -0.141. The Hall–Kier alpha value is -1.26. The van der Waals surface area contributed by atoms with Gasteiger partial charge in [0.1, 0.15) is 12.8 Å². The van der Waals surface area contributed by atoms with Gasteiger partial charge in [-0.05, 0) is 6.07 Å². The molecule has 0 unspecified atom stereocenters. The van der Waals surface area contributed by atoms with Gasteiger partial charge in [0.2, 0.25) is 5.88 Å². The number of hydrogen-bond donors (Lipinski definition) is 0. The first-order valence-electron chi connectivity index (χ1n) is 3.00. The van der Waals surface area contributed by atoms with Crippen molar-refractivity contribution in [2.75, 3.05) is 0 Å². The molecule has 0 N–H and O–H groups in total. The molecule has 1 rings (SSSR count). The van der Waals surface area contributed by atoms with Crippen LogP contribution in [0.1, 0.15) is 5.69 Å². The molecule has 0 spiro atoms. The molecule has 1 radical (unpaired) electrons. The van der Waals surface area contributed by atoms with Crippen LogP contribution in [0, 0.1) is 7.11 Å². The molecule has 1 aromatic rings. The molecule has 0 saturated heterocycles. The largest absolute Gasteiger partial charge is 0.474 e. The Morgan fingerprint density at radius 3 is 2.50 bits per heavy atom. The fourth-order valence-corrected chi connectivity index (χ4v) is 0.653. The van der Waals surface area contributed by atoms with Gasteiger partial charge in [0.15, 0.2) is 0 Å². The minimum absolute atomic E-state index is 0.148. The standard InChI is InChI=1S/C7H5F3NO/c1-12-6-4-2-3-5(11-6)7(8,9)10/h2-4H,1H2. The van der Waals surface area contributed by atoms with E-state index >= 15 is 0 Å². The van der Waals surface area contributed by atoms with Crippen LogP contribution in [0.2, 0.25) is 0 Å². The van der Waals surface area contributed by atoms with E-state index in [1.54, 1.807) is 0 Å². The van der Waals surface area contributed by atoms with Crippen LogP contribution in [-0.4, -0.2) is 4.98 Å². The summed E-state index contributed by atoms with van der Waals surface area (Å²) in [5.41, 5.74) is -0.983. The third-order valence-electron chi connectivity index (χ3n) is 1.16. The maximum absolute atomic E-state index is 12.0. The molecule has 1 heterocycles. The summed E-state index contributed by atoms with van der Waals surface area (Å²) >= 11 is 0. The van der Waals surface area contributed by atoms with Gasteiger partial charge in [-0.1, -0.05) is 6.07 Å². The summed E-state index contributed by atoms with van der Waals surface area (Å²) in [6, 6.07) is 3.36. The third kappa shape index (κ3) is 1.87. The second-order valence-corrected chi connectivity index (χ2v) is 2.00. The average molecular weight is 176 g/mol. The minimum Gasteiger partial charge on any atom is -0.474 e. The van der Waals surface area contributed by atoms with E-state index < -0.39 is 11.9 Å². The van der Waals surface area contributed by atoms with Gasteiger partial charge in [-0.2, -0.15) is 13.2 Å². The van der Waals surface area contributed by atoms with Crippen LogP contribution >= 0.6 is 0 Å². The Labute approximate surface area is 67.0 Å². The SMILES string of the molecule is [CH2]Oc1cccc(C(F)(F)F)n1. The molecule has 0 aliphatic rings. The number of alkyl halides is 3. The Balaban J connectivity index is 3.02. The molecule has 5 heteroatoms. The number of hydrogen-bond acceptors (Lipinski definition) is 2. The Morgan fingerprint density at radius 1 is 1.33 bits per heavy atom. The molecule has 0 bridgehead atoms. The zero-order chi connectivity index (χ0) is 9.19. The summed E-state index contributed by atoms with van der Waals surface area (Å²) in [6.07, 6.45) is -4.44. The Kier molecular flexibility index (Phi) is 2.21. The van der Waals surface area contributed by atoms with Crippen LogP contribution in [0.25, 0.3) is 0 Å². The number of pyridine rings is 1. The van der Waals surface area contributed by atoms with Crippen LogP contribution in [0.4, 0.5) is 13.2 Å². The van der Waals surface area contributed by atoms with E-state index in [-0.39, 0.29) is 5.88 Å². The number of ether oxygens (including phenoxy) is 1. The number of halogens is 3. The molecule has 0 fully saturated rings. The highest BCUT2D eigenvalue weighted by Crippen LogP contribution is 2.28. The van der Waals surface area contributed by atoms with E-state index in [0.717, 1.165) is 6.07 Å². The van der Waals surface area contributed by atoms with Gasteiger partial charge < -0.3 is 4.74 Å². The van der Waals surface area contributed by atoms with E-state index in [1.807, 2.05) is 0 Å². The van der Waals surface area contributed by atoms with Crippen molar-refractivity contribution in [3.05, 3.63) is 31.0 Å². The maximum Gasteiger partial charge on any atom is 0.433 e. The summed E-state index contributed by atoms with van der Waals surface area (Å²) in [7, 11) is 2.95. The molecule has 0 aromatic carbocycles. The molecular formula is C7H5F3NO. The molecule has 65 valence electrons. The van der Waals surface area contributed by atoms with Gasteiger partial charge in [-0.3, -0.25) is 0 Å². The first-order valence-corrected chi connectivity index (χ1v) is 3.00. The third-order valence-corrected chi connectivity index (χ3v) is 1.16. The van der Waals surface area contributed by atoms with E-state index in [2.05, 4.69) is 16.8 Å². The van der Waals surface area contributed by atoms with Crippen LogP contribution in [0.3, 0.4) is 0 Å². The van der Waals surface area contributed by atoms with Crippen molar-refractivity contribution in [3.8, 4) is 5.88 Å². The van der Waals surface area contributed by atoms with Crippen LogP contribution in [0.15, 0.2) is 18.2 Å². The highest BCUT2D eigenvalue weighted by atomic mass is 19.4. The van der Waals surface area contributed by atoms with Gasteiger partial charge in [0.05, 0.1) is 0 Å². The smallest absolute Gasteiger partial charge is 0.433 e. The van der Waals surface area contributed by atoms with E-state index in [4.69, 9.17) is 0 Å². The Bertz CT molecular complexity index is 272. The lowest BCUT2D eigenvalue weighted by Crippen LogP contribution is -2.07. The predicted molar refractivity (Wildman–Crippen MR) is 35.2 cm³/mol. The molecule has 0 saturated carbocycles. The van der Waals surface area contributed by atoms with Crippen molar-refractivity contribution in [2.24, 2.45) is 0 Å². The zero-order valence-corrected chi connectivity index (χ0v) is 5.93. The van der Waals surface area contributed by atoms with Crippen molar-refractivity contribution in [1.29, 1.82) is 0 Å². The lowest BCUT2D eigenvalue weighted by atomic mass is 10.3. The number of rotatable bonds is 1.